The van der Waals surface area contributed by atoms with Crippen LogP contribution in [-0.4, -0.2) is 24.0 Å². The SMILES string of the molecule is CC(=O)OC1CCC2(C)C(=CCC3C2CCC2(C)C3CC(OCc3ccccc3)C2C(C)=O)C1. The molecule has 0 heterocycles. The zero-order valence-electron chi connectivity index (χ0n) is 21.2. The Hall–Kier alpha value is -1.94. The number of allylic oxidation sites excluding steroid dienone is 1. The molecule has 0 radical (unpaired) electrons. The monoisotopic (exact) mass is 464 g/mol. The number of carbonyl (C=O) groups excluding carboxylic acids is 2. The van der Waals surface area contributed by atoms with E-state index in [2.05, 4.69) is 32.1 Å². The Bertz CT molecular complexity index is 967. The van der Waals surface area contributed by atoms with Crippen molar-refractivity contribution >= 4 is 11.8 Å². The van der Waals surface area contributed by atoms with Crippen molar-refractivity contribution < 1.29 is 19.1 Å². The second-order valence-corrected chi connectivity index (χ2v) is 11.9. The van der Waals surface area contributed by atoms with Gasteiger partial charge in [-0.1, -0.05) is 55.8 Å². The van der Waals surface area contributed by atoms with Gasteiger partial charge in [-0.2, -0.15) is 0 Å². The highest BCUT2D eigenvalue weighted by molar-refractivity contribution is 5.80. The molecule has 0 bridgehead atoms. The molecule has 0 saturated heterocycles. The van der Waals surface area contributed by atoms with E-state index < -0.39 is 0 Å². The van der Waals surface area contributed by atoms with Crippen molar-refractivity contribution in [3.05, 3.63) is 47.5 Å². The number of Topliss-reactive ketones (excluding diaryl/α,β-unsaturated/α-hetero) is 1. The molecule has 184 valence electrons. The Morgan fingerprint density at radius 2 is 1.79 bits per heavy atom. The summed E-state index contributed by atoms with van der Waals surface area (Å²) in [5, 5.41) is 0. The Morgan fingerprint density at radius 1 is 1.03 bits per heavy atom. The van der Waals surface area contributed by atoms with Gasteiger partial charge in [-0.05, 0) is 79.6 Å². The van der Waals surface area contributed by atoms with Crippen molar-refractivity contribution in [1.29, 1.82) is 0 Å². The van der Waals surface area contributed by atoms with Crippen molar-refractivity contribution in [2.75, 3.05) is 0 Å². The predicted molar refractivity (Wildman–Crippen MR) is 132 cm³/mol. The van der Waals surface area contributed by atoms with Crippen LogP contribution in [-0.2, 0) is 25.7 Å². The van der Waals surface area contributed by atoms with Crippen LogP contribution in [0.5, 0.6) is 0 Å². The van der Waals surface area contributed by atoms with Gasteiger partial charge < -0.3 is 9.47 Å². The molecule has 8 atom stereocenters. The minimum Gasteiger partial charge on any atom is -0.462 e. The van der Waals surface area contributed by atoms with Gasteiger partial charge in [0.25, 0.3) is 0 Å². The molecule has 34 heavy (non-hydrogen) atoms. The number of benzene rings is 1. The van der Waals surface area contributed by atoms with E-state index >= 15 is 0 Å². The van der Waals surface area contributed by atoms with Crippen LogP contribution in [0.4, 0.5) is 0 Å². The van der Waals surface area contributed by atoms with Gasteiger partial charge in [-0.15, -0.1) is 0 Å². The maximum atomic E-state index is 13.0. The molecule has 0 aliphatic heterocycles. The first-order valence-corrected chi connectivity index (χ1v) is 13.2. The van der Waals surface area contributed by atoms with Gasteiger partial charge in [0.05, 0.1) is 12.7 Å². The fraction of sp³-hybridized carbons (Fsp3) is 0.667. The molecule has 4 heteroatoms. The standard InChI is InChI=1S/C30H40O4/c1-19(31)28-27(33-18-21-8-6-5-7-9-21)17-26-24-11-10-22-16-23(34-20(2)32)12-14-29(22,3)25(24)13-15-30(26,28)4/h5-10,23-28H,11-18H2,1-4H3. The van der Waals surface area contributed by atoms with Crippen molar-refractivity contribution in [3.8, 4) is 0 Å². The summed E-state index contributed by atoms with van der Waals surface area (Å²) in [5.74, 6) is 1.87. The number of esters is 1. The average Bonchev–Trinajstić information content (AvgIpc) is 3.11. The number of carbonyl (C=O) groups is 2. The number of hydrogen-bond donors (Lipinski definition) is 0. The third kappa shape index (κ3) is 3.96. The third-order valence-electron chi connectivity index (χ3n) is 10.1. The lowest BCUT2D eigenvalue weighted by Crippen LogP contribution is -2.51. The number of rotatable bonds is 5. The van der Waals surface area contributed by atoms with E-state index in [9.17, 15) is 9.59 Å². The maximum absolute atomic E-state index is 13.0. The van der Waals surface area contributed by atoms with Crippen LogP contribution in [0.25, 0.3) is 0 Å². The summed E-state index contributed by atoms with van der Waals surface area (Å²) in [6, 6.07) is 10.3. The minimum atomic E-state index is -0.168. The molecule has 4 aliphatic carbocycles. The first kappa shape index (κ1) is 23.8. The number of fused-ring (bicyclic) bond motifs is 5. The lowest BCUT2D eigenvalue weighted by Gasteiger charge is -2.57. The lowest BCUT2D eigenvalue weighted by atomic mass is 9.47. The Morgan fingerprint density at radius 3 is 2.50 bits per heavy atom. The Balaban J connectivity index is 1.37. The molecule has 4 nitrogen and oxygen atoms in total. The van der Waals surface area contributed by atoms with E-state index in [4.69, 9.17) is 9.47 Å². The van der Waals surface area contributed by atoms with E-state index in [-0.39, 0.29) is 34.9 Å². The second kappa shape index (κ2) is 8.93. The zero-order valence-corrected chi connectivity index (χ0v) is 21.2. The fourth-order valence-corrected chi connectivity index (χ4v) is 8.62. The molecule has 1 aromatic rings. The average molecular weight is 465 g/mol. The van der Waals surface area contributed by atoms with E-state index in [1.54, 1.807) is 6.92 Å². The quantitative estimate of drug-likeness (QED) is 0.380. The van der Waals surface area contributed by atoms with E-state index in [0.717, 1.165) is 38.5 Å². The van der Waals surface area contributed by atoms with Gasteiger partial charge in [-0.3, -0.25) is 9.59 Å². The molecule has 0 aromatic heterocycles. The van der Waals surface area contributed by atoms with Crippen LogP contribution in [0.15, 0.2) is 42.0 Å². The Kier molecular flexibility index (Phi) is 6.25. The molecule has 4 aliphatic rings. The molecule has 3 saturated carbocycles. The van der Waals surface area contributed by atoms with Crippen molar-refractivity contribution in [2.45, 2.75) is 91.5 Å². The molecule has 1 aromatic carbocycles. The second-order valence-electron chi connectivity index (χ2n) is 11.9. The minimum absolute atomic E-state index is 0.00402. The van der Waals surface area contributed by atoms with Crippen LogP contribution >= 0.6 is 0 Å². The summed E-state index contributed by atoms with van der Waals surface area (Å²) in [4.78, 5) is 24.5. The highest BCUT2D eigenvalue weighted by Crippen LogP contribution is 2.66. The largest absolute Gasteiger partial charge is 0.462 e. The summed E-state index contributed by atoms with van der Waals surface area (Å²) in [6.07, 6.45) is 9.80. The number of ketones is 1. The van der Waals surface area contributed by atoms with Gasteiger partial charge in [0, 0.05) is 19.3 Å². The van der Waals surface area contributed by atoms with E-state index in [0.29, 0.717) is 30.1 Å². The van der Waals surface area contributed by atoms with Gasteiger partial charge in [0.15, 0.2) is 0 Å². The molecule has 0 N–H and O–H groups in total. The topological polar surface area (TPSA) is 52.6 Å². The number of hydrogen-bond acceptors (Lipinski definition) is 4. The zero-order chi connectivity index (χ0) is 24.1. The molecule has 0 amide bonds. The van der Waals surface area contributed by atoms with Gasteiger partial charge in [0.1, 0.15) is 11.9 Å². The molecule has 8 unspecified atom stereocenters. The molecular weight excluding hydrogens is 424 g/mol. The van der Waals surface area contributed by atoms with Gasteiger partial charge >= 0.3 is 5.97 Å². The van der Waals surface area contributed by atoms with Gasteiger partial charge in [-0.25, -0.2) is 0 Å². The molecular formula is C30H40O4. The third-order valence-corrected chi connectivity index (χ3v) is 10.1. The normalized spacial score (nSPS) is 41.0. The summed E-state index contributed by atoms with van der Waals surface area (Å²) in [5.41, 5.74) is 2.89. The van der Waals surface area contributed by atoms with E-state index in [1.165, 1.54) is 24.5 Å². The predicted octanol–water partition coefficient (Wildman–Crippen LogP) is 6.28. The van der Waals surface area contributed by atoms with E-state index in [1.807, 2.05) is 18.2 Å². The van der Waals surface area contributed by atoms with Crippen molar-refractivity contribution in [3.63, 3.8) is 0 Å². The van der Waals surface area contributed by atoms with Crippen LogP contribution < -0.4 is 0 Å². The summed E-state index contributed by atoms with van der Waals surface area (Å²) in [7, 11) is 0. The smallest absolute Gasteiger partial charge is 0.302 e. The van der Waals surface area contributed by atoms with Crippen molar-refractivity contribution in [2.24, 2.45) is 34.5 Å². The van der Waals surface area contributed by atoms with Crippen LogP contribution in [0.3, 0.4) is 0 Å². The highest BCUT2D eigenvalue weighted by atomic mass is 16.5. The summed E-state index contributed by atoms with van der Waals surface area (Å²) in [6.45, 7) is 8.71. The number of ether oxygens (including phenoxy) is 2. The molecule has 0 spiro atoms. The maximum Gasteiger partial charge on any atom is 0.302 e. The van der Waals surface area contributed by atoms with Crippen molar-refractivity contribution in [1.82, 2.24) is 0 Å². The summed E-state index contributed by atoms with van der Waals surface area (Å²) >= 11 is 0. The first-order valence-electron chi connectivity index (χ1n) is 13.2. The molecule has 5 rings (SSSR count). The first-order chi connectivity index (χ1) is 16.2. The highest BCUT2D eigenvalue weighted by Gasteiger charge is 2.62. The van der Waals surface area contributed by atoms with Crippen LogP contribution in [0.2, 0.25) is 0 Å². The molecule has 3 fully saturated rings. The fourth-order valence-electron chi connectivity index (χ4n) is 8.62. The van der Waals surface area contributed by atoms with Gasteiger partial charge in [0.2, 0.25) is 0 Å². The van der Waals surface area contributed by atoms with Crippen LogP contribution in [0, 0.1) is 34.5 Å². The summed E-state index contributed by atoms with van der Waals surface area (Å²) < 4.78 is 12.1. The Labute approximate surface area is 204 Å². The lowest BCUT2D eigenvalue weighted by molar-refractivity contribution is -0.149. The van der Waals surface area contributed by atoms with Crippen LogP contribution in [0.1, 0.15) is 78.2 Å².